The van der Waals surface area contributed by atoms with Gasteiger partial charge in [0, 0.05) is 0 Å². The van der Waals surface area contributed by atoms with Gasteiger partial charge in [-0.2, -0.15) is 0 Å². The zero-order valence-electron chi connectivity index (χ0n) is 7.07. The van der Waals surface area contributed by atoms with Crippen LogP contribution in [0.3, 0.4) is 0 Å². The molecule has 0 aromatic heterocycles. The van der Waals surface area contributed by atoms with Gasteiger partial charge in [0.1, 0.15) is 0 Å². The van der Waals surface area contributed by atoms with E-state index >= 15 is 0 Å². The molecule has 0 amide bonds. The molecule has 0 fully saturated rings. The van der Waals surface area contributed by atoms with Gasteiger partial charge >= 0.3 is 74.3 Å². The number of unbranched alkanes of at least 4 members (excludes halogenated alkanes) is 5. The van der Waals surface area contributed by atoms with E-state index in [9.17, 15) is 0 Å². The van der Waals surface area contributed by atoms with Crippen LogP contribution in [-0.2, 0) is 22.2 Å². The zero-order valence-corrected chi connectivity index (χ0v) is 10.0. The van der Waals surface area contributed by atoms with E-state index in [1.54, 1.807) is 0 Å². The zero-order chi connectivity index (χ0) is 7.66. The fourth-order valence-electron chi connectivity index (χ4n) is 0.984. The van der Waals surface area contributed by atoms with Gasteiger partial charge < -0.3 is 0 Å². The first-order valence-electron chi connectivity index (χ1n) is 4.28. The molecule has 0 aliphatic carbocycles. The van der Waals surface area contributed by atoms with Gasteiger partial charge in [0.15, 0.2) is 0 Å². The first-order valence-corrected chi connectivity index (χ1v) is 5.50. The average molecular weight is 195 g/mol. The normalized spacial score (nSPS) is 10.3. The Labute approximate surface area is 74.6 Å². The molecular weight excluding hydrogens is 177 g/mol. The molecule has 0 rings (SSSR count). The van der Waals surface area contributed by atoms with Crippen molar-refractivity contribution >= 4 is 0 Å². The first kappa shape index (κ1) is 10.6. The molecule has 1 nitrogen and oxygen atoms in total. The molecule has 0 bridgehead atoms. The van der Waals surface area contributed by atoms with Gasteiger partial charge in [0.05, 0.1) is 0 Å². The van der Waals surface area contributed by atoms with Crippen molar-refractivity contribution in [3.63, 3.8) is 0 Å². The number of hydrogen-bond acceptors (Lipinski definition) is 1. The summed E-state index contributed by atoms with van der Waals surface area (Å²) in [6.45, 7) is 3.24. The Kier molecular flexibility index (Phi) is 10.1. The van der Waals surface area contributed by atoms with Crippen LogP contribution in [0.5, 0.6) is 0 Å². The Hall–Kier alpha value is 0.583. The summed E-state index contributed by atoms with van der Waals surface area (Å²) in [4.78, 5) is 0. The third-order valence-corrected chi connectivity index (χ3v) is 2.25. The van der Waals surface area contributed by atoms with Gasteiger partial charge in [-0.3, -0.25) is 0 Å². The van der Waals surface area contributed by atoms with Crippen molar-refractivity contribution in [1.82, 2.24) is 0 Å². The second-order valence-corrected chi connectivity index (χ2v) is 3.53. The van der Waals surface area contributed by atoms with Crippen molar-refractivity contribution in [2.24, 2.45) is 0 Å². The molecule has 0 aliphatic heterocycles. The van der Waals surface area contributed by atoms with E-state index in [1.807, 2.05) is 0 Å². The minimum atomic E-state index is 0.992. The van der Waals surface area contributed by atoms with Gasteiger partial charge in [-0.1, -0.05) is 0 Å². The van der Waals surface area contributed by atoms with E-state index in [0.717, 1.165) is 25.3 Å². The second-order valence-electron chi connectivity index (χ2n) is 2.68. The SMILES string of the molecule is CCCCCCCC[O][Zn]. The molecule has 0 heterocycles. The standard InChI is InChI=1S/C8H17O.Zn/c1-2-3-4-5-6-7-8-9;/h2-8H2,1H3;/q-1;+1. The van der Waals surface area contributed by atoms with E-state index in [1.165, 1.54) is 38.5 Å². The summed E-state index contributed by atoms with van der Waals surface area (Å²) in [5.41, 5.74) is 0. The van der Waals surface area contributed by atoms with Crippen LogP contribution in [0, 0.1) is 0 Å². The predicted molar refractivity (Wildman–Crippen MR) is 39.3 cm³/mol. The second kappa shape index (κ2) is 9.58. The van der Waals surface area contributed by atoms with Crippen LogP contribution in [0.1, 0.15) is 45.4 Å². The summed E-state index contributed by atoms with van der Waals surface area (Å²) in [5.74, 6) is 0. The van der Waals surface area contributed by atoms with Crippen LogP contribution in [0.15, 0.2) is 0 Å². The van der Waals surface area contributed by atoms with Crippen molar-refractivity contribution < 1.29 is 22.2 Å². The van der Waals surface area contributed by atoms with E-state index < -0.39 is 0 Å². The molecule has 2 heteroatoms. The summed E-state index contributed by atoms with van der Waals surface area (Å²) < 4.78 is 5.07. The molecule has 10 heavy (non-hydrogen) atoms. The summed E-state index contributed by atoms with van der Waals surface area (Å²) in [6, 6.07) is 0. The van der Waals surface area contributed by atoms with Crippen molar-refractivity contribution in [3.8, 4) is 0 Å². The molecular formula is C8H17OZn. The maximum atomic E-state index is 5.07. The fourth-order valence-corrected chi connectivity index (χ4v) is 1.41. The monoisotopic (exact) mass is 193 g/mol. The summed E-state index contributed by atoms with van der Waals surface area (Å²) in [5, 5.41) is 0. The average Bonchev–Trinajstić information content (AvgIpc) is 1.97. The Morgan fingerprint density at radius 2 is 1.60 bits per heavy atom. The van der Waals surface area contributed by atoms with E-state index in [0.29, 0.717) is 0 Å². The number of hydrogen-bond donors (Lipinski definition) is 0. The van der Waals surface area contributed by atoms with Gasteiger partial charge in [-0.05, 0) is 0 Å². The Morgan fingerprint density at radius 3 is 2.20 bits per heavy atom. The van der Waals surface area contributed by atoms with Gasteiger partial charge in [-0.25, -0.2) is 0 Å². The van der Waals surface area contributed by atoms with Crippen LogP contribution in [0.25, 0.3) is 0 Å². The van der Waals surface area contributed by atoms with Gasteiger partial charge in [-0.15, -0.1) is 0 Å². The van der Waals surface area contributed by atoms with Crippen molar-refractivity contribution in [1.29, 1.82) is 0 Å². The molecule has 0 aliphatic rings. The predicted octanol–water partition coefficient (Wildman–Crippen LogP) is 2.83. The van der Waals surface area contributed by atoms with Crippen molar-refractivity contribution in [2.45, 2.75) is 45.4 Å². The van der Waals surface area contributed by atoms with Gasteiger partial charge in [0.25, 0.3) is 0 Å². The molecule has 57 valence electrons. The van der Waals surface area contributed by atoms with E-state index in [-0.39, 0.29) is 0 Å². The van der Waals surface area contributed by atoms with Crippen molar-refractivity contribution in [3.05, 3.63) is 0 Å². The van der Waals surface area contributed by atoms with Crippen LogP contribution < -0.4 is 0 Å². The summed E-state index contributed by atoms with van der Waals surface area (Å²) >= 11 is 0.995. The first-order chi connectivity index (χ1) is 4.91. The van der Waals surface area contributed by atoms with E-state index in [4.69, 9.17) is 3.56 Å². The molecule has 0 spiro atoms. The topological polar surface area (TPSA) is 9.23 Å². The molecule has 0 unspecified atom stereocenters. The molecule has 0 radical (unpaired) electrons. The Bertz CT molecular complexity index is 49.2. The van der Waals surface area contributed by atoms with Crippen LogP contribution in [0.4, 0.5) is 0 Å². The maximum absolute atomic E-state index is 5.07. The fraction of sp³-hybridized carbons (Fsp3) is 1.00. The minimum absolute atomic E-state index is 0.992. The third-order valence-electron chi connectivity index (χ3n) is 1.64. The molecule has 0 aromatic rings. The van der Waals surface area contributed by atoms with Crippen LogP contribution in [0.2, 0.25) is 0 Å². The molecule has 0 saturated carbocycles. The Balaban J connectivity index is 2.65. The van der Waals surface area contributed by atoms with Crippen molar-refractivity contribution in [2.75, 3.05) is 6.61 Å². The quantitative estimate of drug-likeness (QED) is 0.447. The van der Waals surface area contributed by atoms with Gasteiger partial charge in [0.2, 0.25) is 0 Å². The van der Waals surface area contributed by atoms with E-state index in [2.05, 4.69) is 6.92 Å². The molecule has 0 aromatic carbocycles. The number of rotatable bonds is 7. The molecule has 0 atom stereocenters. The molecule has 0 N–H and O–H groups in total. The third kappa shape index (κ3) is 8.58. The summed E-state index contributed by atoms with van der Waals surface area (Å²) in [6.07, 6.45) is 8.19. The van der Waals surface area contributed by atoms with Crippen LogP contribution >= 0.6 is 0 Å². The Morgan fingerprint density at radius 1 is 1.00 bits per heavy atom. The molecule has 0 saturated heterocycles. The summed E-state index contributed by atoms with van der Waals surface area (Å²) in [7, 11) is 0. The van der Waals surface area contributed by atoms with Crippen LogP contribution in [-0.4, -0.2) is 6.61 Å².